The molecule has 0 atom stereocenters. The van der Waals surface area contributed by atoms with E-state index in [2.05, 4.69) is 15.0 Å². The van der Waals surface area contributed by atoms with Gasteiger partial charge in [0.2, 0.25) is 0 Å². The minimum atomic E-state index is -4.69. The summed E-state index contributed by atoms with van der Waals surface area (Å²) in [6.45, 7) is 0. The molecule has 3 aromatic carbocycles. The van der Waals surface area contributed by atoms with Crippen LogP contribution in [0.15, 0.2) is 66.7 Å². The maximum atomic E-state index is 13.0. The Morgan fingerprint density at radius 3 is 1.56 bits per heavy atom. The molecule has 0 bridgehead atoms. The standard InChI is InChI=1S/C23H13F6N3O2/c24-22(25,26)13-7-5-12(6-8-13)19-30-20(15-3-1-2-4-17(15)33)32-21(31-19)16-10-9-14(11-18(16)34)23(27,28)29/h1-11,33-34H. The summed E-state index contributed by atoms with van der Waals surface area (Å²) >= 11 is 0. The molecular formula is C23H13F6N3O2. The topological polar surface area (TPSA) is 79.1 Å². The van der Waals surface area contributed by atoms with Gasteiger partial charge in [-0.1, -0.05) is 24.3 Å². The maximum Gasteiger partial charge on any atom is 0.416 e. The van der Waals surface area contributed by atoms with Crippen LogP contribution in [0, 0.1) is 0 Å². The van der Waals surface area contributed by atoms with Crippen LogP contribution in [0.3, 0.4) is 0 Å². The van der Waals surface area contributed by atoms with Crippen molar-refractivity contribution in [1.82, 2.24) is 15.0 Å². The van der Waals surface area contributed by atoms with Crippen LogP contribution < -0.4 is 0 Å². The third kappa shape index (κ3) is 4.63. The van der Waals surface area contributed by atoms with E-state index in [-0.39, 0.29) is 39.9 Å². The first kappa shape index (κ1) is 23.0. The Bertz CT molecular complexity index is 1350. The van der Waals surface area contributed by atoms with Crippen molar-refractivity contribution < 1.29 is 36.6 Å². The van der Waals surface area contributed by atoms with E-state index in [4.69, 9.17) is 0 Å². The van der Waals surface area contributed by atoms with Crippen molar-refractivity contribution in [2.24, 2.45) is 0 Å². The first-order valence-electron chi connectivity index (χ1n) is 9.56. The Morgan fingerprint density at radius 1 is 0.529 bits per heavy atom. The molecule has 0 aliphatic rings. The maximum absolute atomic E-state index is 13.0. The molecule has 0 aliphatic heterocycles. The number of aromatic nitrogens is 3. The van der Waals surface area contributed by atoms with Gasteiger partial charge in [0.15, 0.2) is 17.5 Å². The van der Waals surface area contributed by atoms with Crippen molar-refractivity contribution in [2.75, 3.05) is 0 Å². The van der Waals surface area contributed by atoms with E-state index in [9.17, 15) is 36.6 Å². The van der Waals surface area contributed by atoms with Crippen molar-refractivity contribution in [3.63, 3.8) is 0 Å². The second kappa shape index (κ2) is 8.32. The Morgan fingerprint density at radius 2 is 1.03 bits per heavy atom. The van der Waals surface area contributed by atoms with Gasteiger partial charge in [0.05, 0.1) is 22.3 Å². The summed E-state index contributed by atoms with van der Waals surface area (Å²) in [5.41, 5.74) is -1.86. The van der Waals surface area contributed by atoms with Gasteiger partial charge < -0.3 is 10.2 Å². The summed E-state index contributed by atoms with van der Waals surface area (Å²) < 4.78 is 77.7. The molecule has 0 aliphatic carbocycles. The van der Waals surface area contributed by atoms with Crippen molar-refractivity contribution >= 4 is 0 Å². The molecule has 0 saturated heterocycles. The Hall–Kier alpha value is -4.15. The lowest BCUT2D eigenvalue weighted by molar-refractivity contribution is -0.138. The van der Waals surface area contributed by atoms with Gasteiger partial charge in [-0.15, -0.1) is 0 Å². The van der Waals surface area contributed by atoms with Crippen LogP contribution in [0.1, 0.15) is 11.1 Å². The van der Waals surface area contributed by atoms with Crippen molar-refractivity contribution in [2.45, 2.75) is 12.4 Å². The van der Waals surface area contributed by atoms with E-state index in [1.54, 1.807) is 12.1 Å². The van der Waals surface area contributed by atoms with Crippen LogP contribution in [0.25, 0.3) is 34.2 Å². The molecule has 0 unspecified atom stereocenters. The summed E-state index contributed by atoms with van der Waals surface area (Å²) in [6, 6.07) is 12.1. The zero-order valence-corrected chi connectivity index (χ0v) is 16.9. The zero-order valence-electron chi connectivity index (χ0n) is 16.9. The zero-order chi connectivity index (χ0) is 24.7. The molecule has 5 nitrogen and oxygen atoms in total. The van der Waals surface area contributed by atoms with Gasteiger partial charge in [-0.2, -0.15) is 26.3 Å². The molecule has 0 saturated carbocycles. The smallest absolute Gasteiger partial charge is 0.416 e. The van der Waals surface area contributed by atoms with Crippen LogP contribution in [0.5, 0.6) is 11.5 Å². The minimum absolute atomic E-state index is 0.0997. The summed E-state index contributed by atoms with van der Waals surface area (Å²) in [5.74, 6) is -1.43. The van der Waals surface area contributed by atoms with Gasteiger partial charge >= 0.3 is 12.4 Å². The lowest BCUT2D eigenvalue weighted by atomic mass is 10.1. The van der Waals surface area contributed by atoms with Crippen LogP contribution in [-0.2, 0) is 12.4 Å². The summed E-state index contributed by atoms with van der Waals surface area (Å²) in [6.07, 6.45) is -9.25. The van der Waals surface area contributed by atoms with Gasteiger partial charge in [0.1, 0.15) is 11.5 Å². The first-order chi connectivity index (χ1) is 15.9. The third-order valence-corrected chi connectivity index (χ3v) is 4.82. The third-order valence-electron chi connectivity index (χ3n) is 4.82. The number of nitrogens with zero attached hydrogens (tertiary/aromatic N) is 3. The molecule has 1 heterocycles. The number of hydrogen-bond donors (Lipinski definition) is 2. The number of alkyl halides is 6. The summed E-state index contributed by atoms with van der Waals surface area (Å²) in [7, 11) is 0. The number of aromatic hydroxyl groups is 2. The van der Waals surface area contributed by atoms with E-state index >= 15 is 0 Å². The molecule has 0 fully saturated rings. The number of rotatable bonds is 3. The normalized spacial score (nSPS) is 12.1. The average molecular weight is 477 g/mol. The molecule has 1 aromatic heterocycles. The van der Waals surface area contributed by atoms with Crippen LogP contribution >= 0.6 is 0 Å². The highest BCUT2D eigenvalue weighted by atomic mass is 19.4. The van der Waals surface area contributed by atoms with E-state index in [1.807, 2.05) is 0 Å². The average Bonchev–Trinajstić information content (AvgIpc) is 2.78. The van der Waals surface area contributed by atoms with Gasteiger partial charge in [0, 0.05) is 5.56 Å². The monoisotopic (exact) mass is 477 g/mol. The van der Waals surface area contributed by atoms with Crippen molar-refractivity contribution in [3.8, 4) is 45.7 Å². The molecule has 174 valence electrons. The highest BCUT2D eigenvalue weighted by Gasteiger charge is 2.32. The largest absolute Gasteiger partial charge is 0.507 e. The second-order valence-corrected chi connectivity index (χ2v) is 7.13. The quantitative estimate of drug-likeness (QED) is 0.338. The van der Waals surface area contributed by atoms with E-state index < -0.39 is 29.2 Å². The predicted molar refractivity (Wildman–Crippen MR) is 109 cm³/mol. The fraction of sp³-hybridized carbons (Fsp3) is 0.0870. The number of phenols is 2. The lowest BCUT2D eigenvalue weighted by Gasteiger charge is -2.12. The first-order valence-corrected chi connectivity index (χ1v) is 9.56. The highest BCUT2D eigenvalue weighted by molar-refractivity contribution is 5.72. The molecule has 4 rings (SSSR count). The molecule has 0 radical (unpaired) electrons. The van der Waals surface area contributed by atoms with Gasteiger partial charge in [-0.3, -0.25) is 0 Å². The SMILES string of the molecule is Oc1ccccc1-c1nc(-c2ccc(C(F)(F)F)cc2)nc(-c2ccc(C(F)(F)F)cc2O)n1. The summed E-state index contributed by atoms with van der Waals surface area (Å²) in [4.78, 5) is 12.5. The predicted octanol–water partition coefficient (Wildman–Crippen LogP) is 6.32. The lowest BCUT2D eigenvalue weighted by Crippen LogP contribution is -2.06. The molecule has 0 spiro atoms. The number of phenolic OH excluding ortho intramolecular Hbond substituents is 2. The molecular weight excluding hydrogens is 464 g/mol. The fourth-order valence-electron chi connectivity index (χ4n) is 3.11. The molecule has 34 heavy (non-hydrogen) atoms. The Labute approximate surface area is 188 Å². The molecule has 11 heteroatoms. The van der Waals surface area contributed by atoms with E-state index in [0.717, 1.165) is 36.4 Å². The highest BCUT2D eigenvalue weighted by Crippen LogP contribution is 2.37. The summed E-state index contributed by atoms with van der Waals surface area (Å²) in [5, 5.41) is 20.4. The Kier molecular flexibility index (Phi) is 5.64. The number of para-hydroxylation sites is 1. The van der Waals surface area contributed by atoms with Gasteiger partial charge in [0.25, 0.3) is 0 Å². The molecule has 0 amide bonds. The van der Waals surface area contributed by atoms with Gasteiger partial charge in [-0.25, -0.2) is 15.0 Å². The van der Waals surface area contributed by atoms with E-state index in [1.165, 1.54) is 12.1 Å². The number of halogens is 6. The molecule has 2 N–H and O–H groups in total. The second-order valence-electron chi connectivity index (χ2n) is 7.13. The van der Waals surface area contributed by atoms with Gasteiger partial charge in [-0.05, 0) is 42.5 Å². The van der Waals surface area contributed by atoms with Crippen LogP contribution in [0.4, 0.5) is 26.3 Å². The van der Waals surface area contributed by atoms with Crippen LogP contribution in [-0.4, -0.2) is 25.2 Å². The van der Waals surface area contributed by atoms with Crippen LogP contribution in [0.2, 0.25) is 0 Å². The fourth-order valence-corrected chi connectivity index (χ4v) is 3.11. The number of hydrogen-bond acceptors (Lipinski definition) is 5. The minimum Gasteiger partial charge on any atom is -0.507 e. The molecule has 4 aromatic rings. The number of benzene rings is 3. The van der Waals surface area contributed by atoms with Crippen molar-refractivity contribution in [3.05, 3.63) is 77.9 Å². The van der Waals surface area contributed by atoms with Crippen molar-refractivity contribution in [1.29, 1.82) is 0 Å². The van der Waals surface area contributed by atoms with E-state index in [0.29, 0.717) is 6.07 Å². The Balaban J connectivity index is 1.89.